The van der Waals surface area contributed by atoms with Crippen molar-refractivity contribution in [3.63, 3.8) is 0 Å². The summed E-state index contributed by atoms with van der Waals surface area (Å²) < 4.78 is 1.91. The van der Waals surface area contributed by atoms with Crippen LogP contribution in [-0.2, 0) is 0 Å². The summed E-state index contributed by atoms with van der Waals surface area (Å²) in [5.74, 6) is 0. The SMILES string of the molecule is C=Cc1cccc[n+]1C=C. The molecule has 1 nitrogen and oxygen atoms in total. The van der Waals surface area contributed by atoms with Crippen LogP contribution in [0.1, 0.15) is 5.69 Å². The molecular formula is C9H10N+. The van der Waals surface area contributed by atoms with Crippen LogP contribution >= 0.6 is 0 Å². The van der Waals surface area contributed by atoms with Crippen molar-refractivity contribution in [2.75, 3.05) is 0 Å². The highest BCUT2D eigenvalue weighted by atomic mass is 14.9. The van der Waals surface area contributed by atoms with Crippen molar-refractivity contribution in [1.82, 2.24) is 0 Å². The fourth-order valence-electron chi connectivity index (χ4n) is 0.808. The molecule has 0 aromatic carbocycles. The van der Waals surface area contributed by atoms with E-state index in [1.54, 1.807) is 12.3 Å². The average molecular weight is 132 g/mol. The quantitative estimate of drug-likeness (QED) is 0.539. The fourth-order valence-corrected chi connectivity index (χ4v) is 0.808. The van der Waals surface area contributed by atoms with E-state index in [1.807, 2.05) is 29.0 Å². The monoisotopic (exact) mass is 132 g/mol. The highest BCUT2D eigenvalue weighted by Gasteiger charge is 1.97. The van der Waals surface area contributed by atoms with Gasteiger partial charge in [-0.1, -0.05) is 6.58 Å². The van der Waals surface area contributed by atoms with E-state index < -0.39 is 0 Å². The van der Waals surface area contributed by atoms with Gasteiger partial charge in [0.15, 0.2) is 12.4 Å². The third-order valence-corrected chi connectivity index (χ3v) is 1.33. The van der Waals surface area contributed by atoms with E-state index in [0.29, 0.717) is 0 Å². The van der Waals surface area contributed by atoms with Crippen molar-refractivity contribution >= 4 is 12.3 Å². The molecule has 0 spiro atoms. The summed E-state index contributed by atoms with van der Waals surface area (Å²) >= 11 is 0. The first-order valence-electron chi connectivity index (χ1n) is 3.13. The average Bonchev–Trinajstić information content (AvgIpc) is 2.04. The van der Waals surface area contributed by atoms with Crippen LogP contribution in [0.5, 0.6) is 0 Å². The van der Waals surface area contributed by atoms with Gasteiger partial charge in [0.05, 0.1) is 0 Å². The molecule has 0 fully saturated rings. The molecule has 1 rings (SSSR count). The number of aromatic nitrogens is 1. The molecular weight excluding hydrogens is 122 g/mol. The van der Waals surface area contributed by atoms with Crippen molar-refractivity contribution in [2.24, 2.45) is 0 Å². The fraction of sp³-hybridized carbons (Fsp3) is 0. The van der Waals surface area contributed by atoms with Gasteiger partial charge in [0.25, 0.3) is 0 Å². The van der Waals surface area contributed by atoms with Gasteiger partial charge in [-0.25, -0.2) is 0 Å². The number of rotatable bonds is 2. The van der Waals surface area contributed by atoms with Gasteiger partial charge in [-0.05, 0) is 12.6 Å². The Morgan fingerprint density at radius 1 is 1.30 bits per heavy atom. The van der Waals surface area contributed by atoms with Crippen LogP contribution in [0.15, 0.2) is 37.6 Å². The van der Waals surface area contributed by atoms with Crippen molar-refractivity contribution in [3.05, 3.63) is 43.2 Å². The van der Waals surface area contributed by atoms with E-state index in [-0.39, 0.29) is 0 Å². The third kappa shape index (κ3) is 1.13. The lowest BCUT2D eigenvalue weighted by Crippen LogP contribution is -2.28. The van der Waals surface area contributed by atoms with Gasteiger partial charge in [0.2, 0.25) is 5.69 Å². The first kappa shape index (κ1) is 6.75. The maximum Gasteiger partial charge on any atom is 0.209 e. The molecule has 0 amide bonds. The molecule has 1 heteroatoms. The van der Waals surface area contributed by atoms with Gasteiger partial charge in [-0.2, -0.15) is 4.57 Å². The van der Waals surface area contributed by atoms with Crippen molar-refractivity contribution in [2.45, 2.75) is 0 Å². The summed E-state index contributed by atoms with van der Waals surface area (Å²) in [4.78, 5) is 0. The predicted octanol–water partition coefficient (Wildman–Crippen LogP) is 1.72. The van der Waals surface area contributed by atoms with Gasteiger partial charge in [-0.15, -0.1) is 0 Å². The Balaban J connectivity index is 3.20. The molecule has 1 aromatic heterocycles. The van der Waals surface area contributed by atoms with Crippen LogP contribution in [0.25, 0.3) is 12.3 Å². The van der Waals surface area contributed by atoms with Crippen molar-refractivity contribution in [3.8, 4) is 0 Å². The van der Waals surface area contributed by atoms with Crippen LogP contribution in [0.3, 0.4) is 0 Å². The molecule has 0 aliphatic heterocycles. The minimum atomic E-state index is 1.05. The summed E-state index contributed by atoms with van der Waals surface area (Å²) in [6.07, 6.45) is 5.47. The molecule has 0 aliphatic rings. The second-order valence-corrected chi connectivity index (χ2v) is 1.92. The minimum absolute atomic E-state index is 1.05. The van der Waals surface area contributed by atoms with Crippen LogP contribution < -0.4 is 4.57 Å². The largest absolute Gasteiger partial charge is 0.209 e. The van der Waals surface area contributed by atoms with Gasteiger partial charge in [-0.3, -0.25) is 0 Å². The molecule has 1 aromatic rings. The van der Waals surface area contributed by atoms with E-state index in [4.69, 9.17) is 0 Å². The number of hydrogen-bond acceptors (Lipinski definition) is 0. The molecule has 1 heterocycles. The summed E-state index contributed by atoms with van der Waals surface area (Å²) in [5, 5.41) is 0. The smallest absolute Gasteiger partial charge is 0.168 e. The Morgan fingerprint density at radius 2 is 2.10 bits per heavy atom. The summed E-state index contributed by atoms with van der Waals surface area (Å²) in [6, 6.07) is 5.90. The third-order valence-electron chi connectivity index (χ3n) is 1.33. The summed E-state index contributed by atoms with van der Waals surface area (Å²) in [7, 11) is 0. The van der Waals surface area contributed by atoms with Crippen LogP contribution in [0.4, 0.5) is 0 Å². The van der Waals surface area contributed by atoms with Crippen LogP contribution in [0.2, 0.25) is 0 Å². The molecule has 0 bridgehead atoms. The molecule has 50 valence electrons. The number of hydrogen-bond donors (Lipinski definition) is 0. The Bertz CT molecular complexity index is 224. The van der Waals surface area contributed by atoms with Crippen molar-refractivity contribution in [1.29, 1.82) is 0 Å². The predicted molar refractivity (Wildman–Crippen MR) is 43.1 cm³/mol. The Morgan fingerprint density at radius 3 is 2.60 bits per heavy atom. The van der Waals surface area contributed by atoms with Gasteiger partial charge < -0.3 is 0 Å². The summed E-state index contributed by atoms with van der Waals surface area (Å²) in [5.41, 5.74) is 1.05. The Labute approximate surface area is 60.9 Å². The van der Waals surface area contributed by atoms with Crippen molar-refractivity contribution < 1.29 is 4.57 Å². The highest BCUT2D eigenvalue weighted by Crippen LogP contribution is 1.91. The second-order valence-electron chi connectivity index (χ2n) is 1.92. The first-order chi connectivity index (χ1) is 4.88. The van der Waals surface area contributed by atoms with E-state index >= 15 is 0 Å². The van der Waals surface area contributed by atoms with Gasteiger partial charge in [0.1, 0.15) is 0 Å². The Hall–Kier alpha value is -1.37. The van der Waals surface area contributed by atoms with E-state index in [2.05, 4.69) is 13.2 Å². The zero-order valence-corrected chi connectivity index (χ0v) is 5.83. The molecule has 10 heavy (non-hydrogen) atoms. The molecule has 0 unspecified atom stereocenters. The van der Waals surface area contributed by atoms with E-state index in [9.17, 15) is 0 Å². The van der Waals surface area contributed by atoms with E-state index in [0.717, 1.165) is 5.69 Å². The lowest BCUT2D eigenvalue weighted by molar-refractivity contribution is -0.570. The summed E-state index contributed by atoms with van der Waals surface area (Å²) in [6.45, 7) is 7.33. The van der Waals surface area contributed by atoms with E-state index in [1.165, 1.54) is 0 Å². The van der Waals surface area contributed by atoms with Crippen LogP contribution in [0, 0.1) is 0 Å². The number of pyridine rings is 1. The van der Waals surface area contributed by atoms with Gasteiger partial charge >= 0.3 is 0 Å². The molecule has 0 saturated heterocycles. The normalized spacial score (nSPS) is 8.80. The Kier molecular flexibility index (Phi) is 2.00. The highest BCUT2D eigenvalue weighted by molar-refractivity contribution is 5.38. The number of nitrogens with zero attached hydrogens (tertiary/aromatic N) is 1. The maximum atomic E-state index is 3.67. The maximum absolute atomic E-state index is 3.67. The minimum Gasteiger partial charge on any atom is -0.168 e. The topological polar surface area (TPSA) is 3.88 Å². The first-order valence-corrected chi connectivity index (χ1v) is 3.13. The molecule has 0 N–H and O–H groups in total. The van der Waals surface area contributed by atoms with Crippen LogP contribution in [-0.4, -0.2) is 0 Å². The molecule has 0 atom stereocenters. The lowest BCUT2D eigenvalue weighted by atomic mass is 10.3. The lowest BCUT2D eigenvalue weighted by Gasteiger charge is -1.89. The van der Waals surface area contributed by atoms with Gasteiger partial charge in [0, 0.05) is 18.2 Å². The molecule has 0 aliphatic carbocycles. The zero-order chi connectivity index (χ0) is 7.40. The molecule has 0 radical (unpaired) electrons. The standard InChI is InChI=1S/C9H10N/c1-3-9-7-5-6-8-10(9)4-2/h3-8H,1-2H2/q+1. The molecule has 0 saturated carbocycles. The zero-order valence-electron chi connectivity index (χ0n) is 5.83. The second kappa shape index (κ2) is 2.97.